The van der Waals surface area contributed by atoms with Gasteiger partial charge in [-0.3, -0.25) is 0 Å². The molecule has 3 atom stereocenters. The highest BCUT2D eigenvalue weighted by Crippen LogP contribution is 2.46. The molecule has 1 saturated carbocycles. The Balaban J connectivity index is 2.55. The third kappa shape index (κ3) is 1.82. The topological polar surface area (TPSA) is 20.2 Å². The maximum Gasteiger partial charge on any atom is 0.0565 e. The quantitative estimate of drug-likeness (QED) is 0.675. The second kappa shape index (κ2) is 3.37. The van der Waals surface area contributed by atoms with Crippen LogP contribution in [0, 0.1) is 17.3 Å². The normalized spacial score (nSPS) is 39.0. The lowest BCUT2D eigenvalue weighted by Crippen LogP contribution is -2.27. The van der Waals surface area contributed by atoms with Crippen LogP contribution >= 0.6 is 0 Å². The molecule has 0 heterocycles. The van der Waals surface area contributed by atoms with Crippen LogP contribution in [0.1, 0.15) is 47.0 Å². The van der Waals surface area contributed by atoms with E-state index in [1.165, 1.54) is 19.3 Å². The lowest BCUT2D eigenvalue weighted by atomic mass is 9.81. The number of hydrogen-bond acceptors (Lipinski definition) is 1. The molecule has 1 aliphatic carbocycles. The Morgan fingerprint density at radius 1 is 1.33 bits per heavy atom. The molecule has 1 N–H and O–H groups in total. The van der Waals surface area contributed by atoms with Crippen molar-refractivity contribution < 1.29 is 5.11 Å². The molecule has 0 aromatic carbocycles. The average molecular weight is 170 g/mol. The lowest BCUT2D eigenvalue weighted by Gasteiger charge is -2.28. The van der Waals surface area contributed by atoms with E-state index in [9.17, 15) is 5.11 Å². The molecule has 3 unspecified atom stereocenters. The smallest absolute Gasteiger partial charge is 0.0565 e. The Morgan fingerprint density at radius 3 is 2.17 bits per heavy atom. The van der Waals surface area contributed by atoms with Crippen molar-refractivity contribution in [1.82, 2.24) is 0 Å². The van der Waals surface area contributed by atoms with Crippen molar-refractivity contribution in [3.63, 3.8) is 0 Å². The molecule has 1 heteroatoms. The van der Waals surface area contributed by atoms with Crippen molar-refractivity contribution in [3.8, 4) is 0 Å². The van der Waals surface area contributed by atoms with E-state index < -0.39 is 0 Å². The van der Waals surface area contributed by atoms with Crippen LogP contribution in [-0.4, -0.2) is 11.2 Å². The summed E-state index contributed by atoms with van der Waals surface area (Å²) in [5.41, 5.74) is 0.203. The minimum atomic E-state index is -0.138. The molecule has 0 spiro atoms. The fourth-order valence-electron chi connectivity index (χ4n) is 2.27. The summed E-state index contributed by atoms with van der Waals surface area (Å²) in [6.45, 7) is 8.74. The summed E-state index contributed by atoms with van der Waals surface area (Å²) in [7, 11) is 0. The van der Waals surface area contributed by atoms with E-state index in [4.69, 9.17) is 0 Å². The monoisotopic (exact) mass is 170 g/mol. The van der Waals surface area contributed by atoms with Crippen LogP contribution in [0.15, 0.2) is 0 Å². The van der Waals surface area contributed by atoms with Gasteiger partial charge in [0.2, 0.25) is 0 Å². The average Bonchev–Trinajstić information content (AvgIpc) is 2.33. The molecule has 0 aromatic rings. The molecule has 0 bridgehead atoms. The van der Waals surface area contributed by atoms with E-state index in [0.717, 1.165) is 11.8 Å². The highest BCUT2D eigenvalue weighted by molar-refractivity contribution is 4.90. The highest BCUT2D eigenvalue weighted by Gasteiger charge is 2.39. The maximum absolute atomic E-state index is 9.61. The first-order valence-corrected chi connectivity index (χ1v) is 5.14. The molecule has 0 aliphatic heterocycles. The van der Waals surface area contributed by atoms with E-state index in [0.29, 0.717) is 0 Å². The van der Waals surface area contributed by atoms with Crippen LogP contribution in [0.4, 0.5) is 0 Å². The van der Waals surface area contributed by atoms with Crippen LogP contribution in [0.3, 0.4) is 0 Å². The molecule has 72 valence electrons. The summed E-state index contributed by atoms with van der Waals surface area (Å²) in [6.07, 6.45) is 3.58. The number of hydrogen-bond donors (Lipinski definition) is 1. The molecule has 0 aromatic heterocycles. The number of aliphatic hydroxyl groups excluding tert-OH is 1. The van der Waals surface area contributed by atoms with E-state index in [1.54, 1.807) is 0 Å². The molecule has 1 rings (SSSR count). The zero-order valence-electron chi connectivity index (χ0n) is 8.80. The van der Waals surface area contributed by atoms with E-state index in [-0.39, 0.29) is 11.5 Å². The van der Waals surface area contributed by atoms with Gasteiger partial charge in [-0.05, 0) is 43.4 Å². The van der Waals surface area contributed by atoms with Crippen LogP contribution in [-0.2, 0) is 0 Å². The Hall–Kier alpha value is -0.0400. The fraction of sp³-hybridized carbons (Fsp3) is 1.00. The van der Waals surface area contributed by atoms with Gasteiger partial charge in [0, 0.05) is 0 Å². The second-order valence-electron chi connectivity index (χ2n) is 5.08. The van der Waals surface area contributed by atoms with Gasteiger partial charge in [0.05, 0.1) is 6.10 Å². The molecule has 1 aliphatic rings. The predicted molar refractivity (Wildman–Crippen MR) is 52.0 cm³/mol. The molecule has 0 radical (unpaired) electrons. The van der Waals surface area contributed by atoms with Crippen molar-refractivity contribution in [2.45, 2.75) is 53.1 Å². The predicted octanol–water partition coefficient (Wildman–Crippen LogP) is 2.83. The Bertz CT molecular complexity index is 151. The van der Waals surface area contributed by atoms with Crippen molar-refractivity contribution in [2.24, 2.45) is 17.3 Å². The minimum Gasteiger partial charge on any atom is -0.393 e. The summed E-state index contributed by atoms with van der Waals surface area (Å²) in [4.78, 5) is 0. The van der Waals surface area contributed by atoms with E-state index in [1.807, 2.05) is 6.92 Å². The van der Waals surface area contributed by atoms with Crippen LogP contribution in [0.25, 0.3) is 0 Å². The van der Waals surface area contributed by atoms with Gasteiger partial charge in [-0.15, -0.1) is 0 Å². The zero-order valence-corrected chi connectivity index (χ0v) is 8.80. The van der Waals surface area contributed by atoms with Gasteiger partial charge in [0.1, 0.15) is 0 Å². The van der Waals surface area contributed by atoms with Crippen molar-refractivity contribution in [2.75, 3.05) is 0 Å². The Morgan fingerprint density at radius 2 is 1.92 bits per heavy atom. The maximum atomic E-state index is 9.61. The first-order chi connectivity index (χ1) is 5.46. The summed E-state index contributed by atoms with van der Waals surface area (Å²) in [5, 5.41) is 9.61. The molecule has 0 saturated heterocycles. The van der Waals surface area contributed by atoms with Crippen molar-refractivity contribution >= 4 is 0 Å². The van der Waals surface area contributed by atoms with Gasteiger partial charge >= 0.3 is 0 Å². The summed E-state index contributed by atoms with van der Waals surface area (Å²) in [5.74, 6) is 1.62. The largest absolute Gasteiger partial charge is 0.393 e. The minimum absolute atomic E-state index is 0.138. The summed E-state index contributed by atoms with van der Waals surface area (Å²) < 4.78 is 0. The van der Waals surface area contributed by atoms with Crippen molar-refractivity contribution in [1.29, 1.82) is 0 Å². The van der Waals surface area contributed by atoms with E-state index in [2.05, 4.69) is 20.8 Å². The Labute approximate surface area is 76.2 Å². The second-order valence-corrected chi connectivity index (χ2v) is 5.08. The number of rotatable bonds is 2. The van der Waals surface area contributed by atoms with Crippen molar-refractivity contribution in [3.05, 3.63) is 0 Å². The summed E-state index contributed by atoms with van der Waals surface area (Å²) >= 11 is 0. The zero-order chi connectivity index (χ0) is 9.35. The third-order valence-electron chi connectivity index (χ3n) is 3.77. The standard InChI is InChI=1S/C11H22O/c1-8(2)10-5-6-11(4,7-10)9(3)12/h8-10,12H,5-7H2,1-4H3. The lowest BCUT2D eigenvalue weighted by molar-refractivity contribution is 0.0527. The first kappa shape index (κ1) is 10.0. The molecular formula is C11H22O. The van der Waals surface area contributed by atoms with Gasteiger partial charge in [0.25, 0.3) is 0 Å². The number of aliphatic hydroxyl groups is 1. The third-order valence-corrected chi connectivity index (χ3v) is 3.77. The van der Waals surface area contributed by atoms with Gasteiger partial charge in [-0.2, -0.15) is 0 Å². The van der Waals surface area contributed by atoms with Gasteiger partial charge in [0.15, 0.2) is 0 Å². The first-order valence-electron chi connectivity index (χ1n) is 5.14. The molecular weight excluding hydrogens is 148 g/mol. The van der Waals surface area contributed by atoms with Crippen LogP contribution < -0.4 is 0 Å². The van der Waals surface area contributed by atoms with Gasteiger partial charge in [-0.1, -0.05) is 20.8 Å². The molecule has 1 nitrogen and oxygen atoms in total. The summed E-state index contributed by atoms with van der Waals surface area (Å²) in [6, 6.07) is 0. The molecule has 12 heavy (non-hydrogen) atoms. The molecule has 1 fully saturated rings. The SMILES string of the molecule is CC(C)C1CCC(C)(C(C)O)C1. The fourth-order valence-corrected chi connectivity index (χ4v) is 2.27. The van der Waals surface area contributed by atoms with Gasteiger partial charge in [-0.25, -0.2) is 0 Å². The van der Waals surface area contributed by atoms with Crippen LogP contribution in [0.2, 0.25) is 0 Å². The van der Waals surface area contributed by atoms with Crippen LogP contribution in [0.5, 0.6) is 0 Å². The highest BCUT2D eigenvalue weighted by atomic mass is 16.3. The van der Waals surface area contributed by atoms with E-state index >= 15 is 0 Å². The molecule has 0 amide bonds. The van der Waals surface area contributed by atoms with Gasteiger partial charge < -0.3 is 5.11 Å². The Kier molecular flexibility index (Phi) is 2.82.